The number of imidazole rings is 5. The molecule has 0 aliphatic carbocycles. The minimum absolute atomic E-state index is 0. The predicted molar refractivity (Wildman–Crippen MR) is 466 cm³/mol. The van der Waals surface area contributed by atoms with Crippen LogP contribution in [-0.4, -0.2) is 74.8 Å². The summed E-state index contributed by atoms with van der Waals surface area (Å²) < 4.78 is 278. The first-order chi connectivity index (χ1) is 67.6. The number of alkyl halides is 12. The summed E-state index contributed by atoms with van der Waals surface area (Å²) in [5.74, 6) is -6.86. The molecule has 0 unspecified atom stereocenters. The second kappa shape index (κ2) is 59.0. The molecule has 0 saturated heterocycles. The van der Waals surface area contributed by atoms with Crippen LogP contribution >= 0.6 is 0 Å². The van der Waals surface area contributed by atoms with Gasteiger partial charge in [0, 0.05) is 226 Å². The Morgan fingerprint density at radius 3 is 0.815 bits per heavy atom. The first kappa shape index (κ1) is 120. The topological polar surface area (TPSA) is 264 Å². The van der Waals surface area contributed by atoms with Gasteiger partial charge in [0.2, 0.25) is 0 Å². The van der Waals surface area contributed by atoms with Crippen molar-refractivity contribution < 1.29 is 197 Å². The standard InChI is InChI=1S/C13H6F6N.4C11H6F2N.2C9H5F3N3.2C8H5FN3.C8H6N3.5Ir/c14-12(15,16)8-4-5-9(10(7-8)13(17,18)19)11-3-1-2-6-20-11;4*12-8-4-5-9(10(13)7-8)11-3-1-2-6-14-11;10-9(11,12)8-7(14-5-15-8)6-3-1-2-4-13-6;10-9(11,12)8-14-5-7(15-8)6-3-1-2-4-13-6;9-8-7(11-5-12-8)6-3-1-2-4-10-6;9-8-11-5-7(12-8)6-3-1-2-4-10-6;1-2-4-10-7(3-1)8-5-9-6-11-8;;;;;/h1-4,6-7H;4*1-4,6-7H;2*1-5H;2*1-5H;1-6H;;;;;/q10*-1;;;;;. The molecule has 0 amide bonds. The van der Waals surface area contributed by atoms with Crippen LogP contribution < -0.4 is 24.9 Å². The molecular formula is C99H56F22Ir5N20-10. The number of nitrogens with zero attached hydrogens (tertiary/aromatic N) is 20. The van der Waals surface area contributed by atoms with Crippen LogP contribution in [0.5, 0.6) is 0 Å². The zero-order valence-electron chi connectivity index (χ0n) is 72.8. The average Bonchev–Trinajstić information content (AvgIpc) is 0.941. The van der Waals surface area contributed by atoms with Crippen molar-refractivity contribution in [3.05, 3.63) is 454 Å². The molecule has 0 atom stereocenters. The van der Waals surface area contributed by atoms with Crippen molar-refractivity contribution in [3.63, 3.8) is 0 Å². The van der Waals surface area contributed by atoms with E-state index >= 15 is 0 Å². The molecule has 5 radical (unpaired) electrons. The first-order valence-electron chi connectivity index (χ1n) is 39.8. The summed E-state index contributed by atoms with van der Waals surface area (Å²) >= 11 is 0. The summed E-state index contributed by atoms with van der Waals surface area (Å²) in [5.41, 5.74) is 2.08. The molecule has 5 aromatic carbocycles. The molecule has 146 heavy (non-hydrogen) atoms. The van der Waals surface area contributed by atoms with E-state index in [1.807, 2.05) is 30.3 Å². The molecule has 0 aliphatic heterocycles. The maximum atomic E-state index is 13.2. The number of benzene rings is 5. The monoisotopic (exact) mass is 2910 g/mol. The largest absolute Gasteiger partial charge is 0.449 e. The van der Waals surface area contributed by atoms with E-state index in [0.717, 1.165) is 72.4 Å². The van der Waals surface area contributed by atoms with Gasteiger partial charge in [-0.2, -0.15) is 52.7 Å². The Morgan fingerprint density at radius 1 is 0.240 bits per heavy atom. The molecule has 0 saturated carbocycles. The van der Waals surface area contributed by atoms with Gasteiger partial charge in [-0.1, -0.05) is 175 Å². The van der Waals surface area contributed by atoms with Crippen LogP contribution in [0.2, 0.25) is 0 Å². The molecule has 0 fully saturated rings. The van der Waals surface area contributed by atoms with Crippen LogP contribution in [0.1, 0.15) is 22.6 Å². The molecule has 0 aliphatic rings. The fourth-order valence-electron chi connectivity index (χ4n) is 11.2. The summed E-state index contributed by atoms with van der Waals surface area (Å²) in [6, 6.07) is 70.8. The quantitative estimate of drug-likeness (QED) is 0.0909. The van der Waals surface area contributed by atoms with E-state index in [9.17, 15) is 96.6 Å². The average molecular weight is 2900 g/mol. The van der Waals surface area contributed by atoms with Gasteiger partial charge >= 0.3 is 24.7 Å². The molecular weight excluding hydrogens is 2850 g/mol. The molecule has 20 rings (SSSR count). The minimum atomic E-state index is -4.93. The Hall–Kier alpha value is -14.6. The number of hydrogen-bond acceptors (Lipinski definition) is 15. The van der Waals surface area contributed by atoms with Gasteiger partial charge in [-0.25, -0.2) is 8.78 Å². The van der Waals surface area contributed by atoms with Crippen molar-refractivity contribution in [2.24, 2.45) is 0 Å². The summed E-state index contributed by atoms with van der Waals surface area (Å²) in [6.07, 6.45) is 3.48. The molecule has 20 nitrogen and oxygen atoms in total. The molecule has 15 aromatic heterocycles. The zero-order chi connectivity index (χ0) is 101. The molecule has 15 heterocycles. The second-order valence-electron chi connectivity index (χ2n) is 27.1. The first-order valence-corrected chi connectivity index (χ1v) is 39.8. The summed E-state index contributed by atoms with van der Waals surface area (Å²) in [4.78, 5) is 74.4. The van der Waals surface area contributed by atoms with Gasteiger partial charge < -0.3 is 74.8 Å². The van der Waals surface area contributed by atoms with Gasteiger partial charge in [-0.05, 0) is 153 Å². The number of pyridine rings is 10. The fraction of sp³-hybridized carbons (Fsp3) is 0.0404. The maximum absolute atomic E-state index is 13.2. The normalized spacial score (nSPS) is 10.4. The Morgan fingerprint density at radius 2 is 0.541 bits per heavy atom. The van der Waals surface area contributed by atoms with Crippen LogP contribution in [0.3, 0.4) is 0 Å². The number of halogens is 22. The third-order valence-electron chi connectivity index (χ3n) is 17.4. The van der Waals surface area contributed by atoms with Crippen LogP contribution in [0, 0.1) is 88.9 Å². The number of rotatable bonds is 10. The molecule has 0 bridgehead atoms. The third kappa shape index (κ3) is 37.2. The van der Waals surface area contributed by atoms with Crippen LogP contribution in [0.4, 0.5) is 96.6 Å². The van der Waals surface area contributed by atoms with Gasteiger partial charge in [0.1, 0.15) is 12.0 Å². The van der Waals surface area contributed by atoms with E-state index in [2.05, 4.69) is 124 Å². The Kier molecular flexibility index (Phi) is 48.5. The van der Waals surface area contributed by atoms with Gasteiger partial charge in [0.25, 0.3) is 0 Å². The Balaban J connectivity index is 0.000000248. The molecule has 0 spiro atoms. The van der Waals surface area contributed by atoms with Gasteiger partial charge in [0.05, 0.1) is 28.5 Å². The maximum Gasteiger partial charge on any atom is 0.413 e. The molecule has 0 N–H and O–H groups in total. The van der Waals surface area contributed by atoms with E-state index in [4.69, 9.17) is 0 Å². The smallest absolute Gasteiger partial charge is 0.413 e. The summed E-state index contributed by atoms with van der Waals surface area (Å²) in [5, 5.41) is 0. The second-order valence-corrected chi connectivity index (χ2v) is 27.1. The van der Waals surface area contributed by atoms with Crippen molar-refractivity contribution >= 4 is 0 Å². The van der Waals surface area contributed by atoms with Crippen LogP contribution in [0.25, 0.3) is 113 Å². The van der Waals surface area contributed by atoms with Crippen molar-refractivity contribution in [3.8, 4) is 113 Å². The molecule has 20 aromatic rings. The van der Waals surface area contributed by atoms with E-state index in [0.29, 0.717) is 51.6 Å². The summed E-state index contributed by atoms with van der Waals surface area (Å²) in [6.45, 7) is 0. The van der Waals surface area contributed by atoms with Crippen LogP contribution in [0.15, 0.2) is 342 Å². The fourth-order valence-corrected chi connectivity index (χ4v) is 11.2. The van der Waals surface area contributed by atoms with Gasteiger partial charge in [0.15, 0.2) is 0 Å². The van der Waals surface area contributed by atoms with Gasteiger partial charge in [-0.3, -0.25) is 60.0 Å². The van der Waals surface area contributed by atoms with Crippen molar-refractivity contribution in [2.75, 3.05) is 0 Å². The van der Waals surface area contributed by atoms with E-state index in [1.165, 1.54) is 61.7 Å². The minimum Gasteiger partial charge on any atom is -0.449 e. The zero-order valence-corrected chi connectivity index (χ0v) is 84.7. The predicted octanol–water partition coefficient (Wildman–Crippen LogP) is 23.7. The Bertz CT molecular complexity index is 6830. The van der Waals surface area contributed by atoms with Crippen LogP contribution in [-0.2, 0) is 125 Å². The van der Waals surface area contributed by atoms with Crippen molar-refractivity contribution in [1.29, 1.82) is 0 Å². The summed E-state index contributed by atoms with van der Waals surface area (Å²) in [7, 11) is 0. The molecule has 47 heteroatoms. The Labute approximate surface area is 881 Å². The third-order valence-corrected chi connectivity index (χ3v) is 17.4. The number of hydrogen-bond donors (Lipinski definition) is 0. The van der Waals surface area contributed by atoms with E-state index in [-0.39, 0.29) is 157 Å². The van der Waals surface area contributed by atoms with Gasteiger partial charge in [-0.15, -0.1) is 72.3 Å². The molecule has 761 valence electrons. The van der Waals surface area contributed by atoms with E-state index in [1.54, 1.807) is 183 Å². The number of aromatic nitrogens is 20. The SMILES string of the molecule is FC(F)(F)c1c[c-]c(-c2ccccn2)c(C(F)(F)F)c1.FC(F)(F)c1nc[n-]c1-c1ccccn1.FC(F)(F)c1ncc(-c2ccccn2)[n-]1.Fc1c[c-]c(-c2ccccn2)c(F)c1.Fc1c[c-]c(-c2ccccn2)c(F)c1.Fc1c[c-]c(-c2ccccn2)c(F)c1.Fc1c[c-]c(-c2ccccn2)c(F)c1.Fc1nc[n-]c1-c1ccccn1.Fc1ncc(-c2ccccn2)[n-]1.[Ir].[Ir].[Ir].[Ir].[Ir].c1ccc(-c2cnc[n-]2)nc1. The van der Waals surface area contributed by atoms with Crippen molar-refractivity contribution in [2.45, 2.75) is 24.7 Å². The van der Waals surface area contributed by atoms with E-state index < -0.39 is 111 Å². The van der Waals surface area contributed by atoms with Crippen molar-refractivity contribution in [1.82, 2.24) is 99.7 Å².